The molecular formula is C44H75O11P. The Kier molecular flexibility index (Phi) is 33.0. The fourth-order valence-corrected chi connectivity index (χ4v) is 6.39. The molecule has 0 spiro atoms. The number of esters is 2. The van der Waals surface area contributed by atoms with Gasteiger partial charge in [-0.25, -0.2) is 4.57 Å². The van der Waals surface area contributed by atoms with E-state index in [1.54, 1.807) is 0 Å². The topological polar surface area (TPSA) is 161 Å². The van der Waals surface area contributed by atoms with E-state index in [1.807, 2.05) is 6.08 Å². The minimum absolute atomic E-state index is 0.0940. The van der Waals surface area contributed by atoms with Crippen LogP contribution in [0.25, 0.3) is 0 Å². The number of epoxide rings is 1. The molecule has 0 aromatic carbocycles. The second-order valence-corrected chi connectivity index (χ2v) is 15.9. The summed E-state index contributed by atoms with van der Waals surface area (Å²) < 4.78 is 38.4. The van der Waals surface area contributed by atoms with Gasteiger partial charge in [0.25, 0.3) is 0 Å². The summed E-state index contributed by atoms with van der Waals surface area (Å²) in [5, 5.41) is 18.3. The van der Waals surface area contributed by atoms with E-state index in [9.17, 15) is 24.2 Å². The van der Waals surface area contributed by atoms with E-state index < -0.39 is 51.8 Å². The van der Waals surface area contributed by atoms with Gasteiger partial charge in [-0.05, 0) is 77.0 Å². The highest BCUT2D eigenvalue weighted by Crippen LogP contribution is 2.43. The lowest BCUT2D eigenvalue weighted by atomic mass is 10.1. The van der Waals surface area contributed by atoms with Gasteiger partial charge in [0.2, 0.25) is 0 Å². The fourth-order valence-electron chi connectivity index (χ4n) is 5.60. The summed E-state index contributed by atoms with van der Waals surface area (Å²) in [6.07, 6.45) is 40.7. The quantitative estimate of drug-likeness (QED) is 0.0136. The van der Waals surface area contributed by atoms with Crippen molar-refractivity contribution in [2.24, 2.45) is 0 Å². The first-order valence-electron chi connectivity index (χ1n) is 21.4. The molecule has 0 amide bonds. The number of phosphoric acid groups is 1. The first kappa shape index (κ1) is 51.6. The van der Waals surface area contributed by atoms with Gasteiger partial charge in [0.1, 0.15) is 12.7 Å². The van der Waals surface area contributed by atoms with Crippen LogP contribution in [-0.4, -0.2) is 77.9 Å². The van der Waals surface area contributed by atoms with Gasteiger partial charge >= 0.3 is 19.8 Å². The van der Waals surface area contributed by atoms with Crippen molar-refractivity contribution in [2.45, 2.75) is 180 Å². The van der Waals surface area contributed by atoms with Crippen LogP contribution in [0.2, 0.25) is 0 Å². The predicted molar refractivity (Wildman–Crippen MR) is 223 cm³/mol. The van der Waals surface area contributed by atoms with E-state index in [2.05, 4.69) is 73.1 Å². The van der Waals surface area contributed by atoms with Crippen molar-refractivity contribution in [3.8, 4) is 0 Å². The lowest BCUT2D eigenvalue weighted by Gasteiger charge is -2.20. The number of hydrogen-bond donors (Lipinski definition) is 3. The van der Waals surface area contributed by atoms with Crippen LogP contribution in [0.1, 0.15) is 155 Å². The Hall–Kier alpha value is -2.37. The average Bonchev–Trinajstić information content (AvgIpc) is 3.94. The molecule has 1 fully saturated rings. The fraction of sp³-hybridized carbons (Fsp3) is 0.727. The van der Waals surface area contributed by atoms with Crippen molar-refractivity contribution in [1.29, 1.82) is 0 Å². The van der Waals surface area contributed by atoms with Gasteiger partial charge < -0.3 is 29.3 Å². The first-order chi connectivity index (χ1) is 27.2. The van der Waals surface area contributed by atoms with Crippen LogP contribution in [-0.2, 0) is 37.4 Å². The molecule has 12 heteroatoms. The number of hydrogen-bond acceptors (Lipinski definition) is 10. The number of carbonyl (C=O) groups excluding carboxylic acids is 2. The molecule has 1 aliphatic rings. The Morgan fingerprint density at radius 2 is 1.16 bits per heavy atom. The second-order valence-electron chi connectivity index (χ2n) is 14.4. The van der Waals surface area contributed by atoms with Crippen LogP contribution in [0.3, 0.4) is 0 Å². The molecule has 1 aliphatic heterocycles. The zero-order chi connectivity index (χ0) is 41.0. The Labute approximate surface area is 338 Å². The molecule has 0 aromatic rings. The second kappa shape index (κ2) is 35.8. The molecule has 1 heterocycles. The maximum atomic E-state index is 12.6. The molecule has 0 bridgehead atoms. The minimum Gasteiger partial charge on any atom is -0.462 e. The predicted octanol–water partition coefficient (Wildman–Crippen LogP) is 10.1. The third-order valence-corrected chi connectivity index (χ3v) is 10.0. The molecule has 0 radical (unpaired) electrons. The van der Waals surface area contributed by atoms with Crippen LogP contribution in [0.4, 0.5) is 0 Å². The highest BCUT2D eigenvalue weighted by Gasteiger charge is 2.36. The van der Waals surface area contributed by atoms with Gasteiger partial charge in [-0.2, -0.15) is 0 Å². The lowest BCUT2D eigenvalue weighted by Crippen LogP contribution is -2.29. The Morgan fingerprint density at radius 1 is 0.643 bits per heavy atom. The van der Waals surface area contributed by atoms with Crippen molar-refractivity contribution in [1.82, 2.24) is 0 Å². The van der Waals surface area contributed by atoms with Crippen LogP contribution in [0.5, 0.6) is 0 Å². The Morgan fingerprint density at radius 3 is 1.86 bits per heavy atom. The molecule has 1 rings (SSSR count). The van der Waals surface area contributed by atoms with Crippen LogP contribution in [0, 0.1) is 0 Å². The van der Waals surface area contributed by atoms with E-state index in [4.69, 9.17) is 23.8 Å². The summed E-state index contributed by atoms with van der Waals surface area (Å²) in [4.78, 5) is 35.0. The van der Waals surface area contributed by atoms with Gasteiger partial charge in [0, 0.05) is 12.8 Å². The van der Waals surface area contributed by atoms with E-state index in [1.165, 1.54) is 44.9 Å². The largest absolute Gasteiger partial charge is 0.472 e. The summed E-state index contributed by atoms with van der Waals surface area (Å²) in [5.41, 5.74) is 0. The zero-order valence-corrected chi connectivity index (χ0v) is 35.4. The van der Waals surface area contributed by atoms with Crippen molar-refractivity contribution < 1.29 is 52.5 Å². The number of allylic oxidation sites excluding steroid dienone is 8. The summed E-state index contributed by atoms with van der Waals surface area (Å²) in [5.74, 6) is -1.02. The van der Waals surface area contributed by atoms with Gasteiger partial charge in [-0.3, -0.25) is 18.6 Å². The van der Waals surface area contributed by atoms with Gasteiger partial charge in [-0.1, -0.05) is 126 Å². The third kappa shape index (κ3) is 32.7. The molecule has 0 aromatic heterocycles. The van der Waals surface area contributed by atoms with Crippen LogP contribution in [0.15, 0.2) is 60.8 Å². The number of aliphatic hydroxyl groups excluding tert-OH is 2. The highest BCUT2D eigenvalue weighted by atomic mass is 31.2. The van der Waals surface area contributed by atoms with E-state index in [0.29, 0.717) is 19.3 Å². The summed E-state index contributed by atoms with van der Waals surface area (Å²) in [6, 6.07) is 0. The van der Waals surface area contributed by atoms with E-state index >= 15 is 0 Å². The van der Waals surface area contributed by atoms with Crippen molar-refractivity contribution in [3.63, 3.8) is 0 Å². The van der Waals surface area contributed by atoms with Crippen molar-refractivity contribution in [3.05, 3.63) is 60.8 Å². The van der Waals surface area contributed by atoms with Gasteiger partial charge in [0.15, 0.2) is 6.10 Å². The van der Waals surface area contributed by atoms with Crippen molar-refractivity contribution >= 4 is 19.8 Å². The summed E-state index contributed by atoms with van der Waals surface area (Å²) in [7, 11) is -4.64. The smallest absolute Gasteiger partial charge is 0.462 e. The third-order valence-electron chi connectivity index (χ3n) is 9.07. The number of phosphoric ester groups is 1. The normalized spacial score (nSPS) is 18.1. The van der Waals surface area contributed by atoms with Crippen LogP contribution >= 0.6 is 7.82 Å². The number of ether oxygens (including phenoxy) is 3. The molecule has 11 nitrogen and oxygen atoms in total. The molecule has 0 saturated carbocycles. The van der Waals surface area contributed by atoms with E-state index in [0.717, 1.165) is 64.2 Å². The lowest BCUT2D eigenvalue weighted by molar-refractivity contribution is -0.161. The molecule has 56 heavy (non-hydrogen) atoms. The number of unbranched alkanes of at least 4 members (excludes halogenated alkanes) is 13. The molecule has 3 N–H and O–H groups in total. The Balaban J connectivity index is 2.33. The number of carbonyl (C=O) groups is 2. The standard InChI is InChI=1S/C44H75O11P/c1-3-5-7-9-11-13-14-15-16-17-18-20-22-24-29-33-43(47)51-37-40(38-53-56(49,50)52-36-39(46)35-45)54-44(48)34-30-26-25-28-32-42-41(55-42)31-27-23-21-19-12-10-8-6-4-2/h12-16,19,23,25,27-28,39-42,45-46H,3-11,17-18,20-22,24,26,29-38H2,1-2H3,(H,49,50)/b14-13-,16-15-,19-12-,27-23-,28-25-/t39-,40+,41?,42?/m0/s1. The van der Waals surface area contributed by atoms with E-state index in [-0.39, 0.29) is 31.7 Å². The molecule has 322 valence electrons. The minimum atomic E-state index is -4.64. The molecule has 0 aliphatic carbocycles. The van der Waals surface area contributed by atoms with Gasteiger partial charge in [-0.15, -0.1) is 0 Å². The summed E-state index contributed by atoms with van der Waals surface area (Å²) in [6.45, 7) is 2.22. The number of rotatable bonds is 38. The van der Waals surface area contributed by atoms with Gasteiger partial charge in [0.05, 0.1) is 32.0 Å². The van der Waals surface area contributed by atoms with Crippen molar-refractivity contribution in [2.75, 3.05) is 26.4 Å². The average molecular weight is 811 g/mol. The summed E-state index contributed by atoms with van der Waals surface area (Å²) >= 11 is 0. The van der Waals surface area contributed by atoms with Crippen LogP contribution < -0.4 is 0 Å². The first-order valence-corrected chi connectivity index (χ1v) is 22.9. The Bertz CT molecular complexity index is 1180. The highest BCUT2D eigenvalue weighted by molar-refractivity contribution is 7.47. The molecule has 1 saturated heterocycles. The molecule has 5 atom stereocenters. The molecular weight excluding hydrogens is 735 g/mol. The zero-order valence-electron chi connectivity index (χ0n) is 34.5. The number of aliphatic hydroxyl groups is 2. The maximum absolute atomic E-state index is 12.6. The monoisotopic (exact) mass is 811 g/mol. The SMILES string of the molecule is CCCCC/C=C\C/C=C\CC1OC1C/C=C\CCCC(=O)O[C@H](COC(=O)CCCCCCC/C=C\C=C/CCCCCC)COP(=O)(O)OC[C@@H](O)CO. The maximum Gasteiger partial charge on any atom is 0.472 e. The molecule has 3 unspecified atom stereocenters.